The molecule has 26 heavy (non-hydrogen) atoms. The number of anilines is 2. The molecule has 1 atom stereocenters. The lowest BCUT2D eigenvalue weighted by Crippen LogP contribution is -2.23. The summed E-state index contributed by atoms with van der Waals surface area (Å²) in [6.45, 7) is 3.20. The van der Waals surface area contributed by atoms with Gasteiger partial charge in [-0.25, -0.2) is 4.98 Å². The lowest BCUT2D eigenvalue weighted by Gasteiger charge is -2.14. The average Bonchev–Trinajstić information content (AvgIpc) is 2.77. The predicted octanol–water partition coefficient (Wildman–Crippen LogP) is 2.17. The van der Waals surface area contributed by atoms with Crippen LogP contribution >= 0.6 is 0 Å². The van der Waals surface area contributed by atoms with E-state index in [9.17, 15) is 14.4 Å². The molecule has 7 heteroatoms. The van der Waals surface area contributed by atoms with Gasteiger partial charge in [0.1, 0.15) is 5.82 Å². The Bertz CT molecular complexity index is 904. The lowest BCUT2D eigenvalue weighted by atomic mass is 9.98. The lowest BCUT2D eigenvalue weighted by molar-refractivity contribution is -0.120. The topological polar surface area (TPSA) is 104 Å². The molecule has 0 fully saturated rings. The zero-order chi connectivity index (χ0) is 18.7. The first kappa shape index (κ1) is 17.8. The summed E-state index contributed by atoms with van der Waals surface area (Å²) in [5, 5.41) is 5.60. The summed E-state index contributed by atoms with van der Waals surface area (Å²) >= 11 is 0. The number of aryl methyl sites for hydroxylation is 2. The van der Waals surface area contributed by atoms with Gasteiger partial charge in [0, 0.05) is 29.8 Å². The number of nitrogens with zero attached hydrogens (tertiary/aromatic N) is 1. The van der Waals surface area contributed by atoms with Gasteiger partial charge >= 0.3 is 0 Å². The highest BCUT2D eigenvalue weighted by Crippen LogP contribution is 2.24. The molecule has 0 spiro atoms. The van der Waals surface area contributed by atoms with Crippen molar-refractivity contribution in [2.24, 2.45) is 5.92 Å². The minimum Gasteiger partial charge on any atom is -0.326 e. The molecule has 1 heterocycles. The molecule has 1 aromatic carbocycles. The molecule has 2 amide bonds. The summed E-state index contributed by atoms with van der Waals surface area (Å²) < 4.78 is 0. The van der Waals surface area contributed by atoms with Gasteiger partial charge in [-0.2, -0.15) is 0 Å². The van der Waals surface area contributed by atoms with Crippen molar-refractivity contribution in [3.8, 4) is 0 Å². The summed E-state index contributed by atoms with van der Waals surface area (Å²) in [6.07, 6.45) is 2.42. The molecule has 0 saturated heterocycles. The van der Waals surface area contributed by atoms with E-state index in [1.54, 1.807) is 31.2 Å². The van der Waals surface area contributed by atoms with Crippen molar-refractivity contribution in [2.45, 2.75) is 39.5 Å². The summed E-state index contributed by atoms with van der Waals surface area (Å²) in [6, 6.07) is 7.04. The second-order valence-electron chi connectivity index (χ2n) is 6.60. The van der Waals surface area contributed by atoms with E-state index in [0.29, 0.717) is 48.4 Å². The Morgan fingerprint density at radius 1 is 1.15 bits per heavy atom. The maximum Gasteiger partial charge on any atom is 0.254 e. The van der Waals surface area contributed by atoms with Gasteiger partial charge in [0.2, 0.25) is 11.8 Å². The van der Waals surface area contributed by atoms with E-state index in [4.69, 9.17) is 0 Å². The summed E-state index contributed by atoms with van der Waals surface area (Å²) in [5.41, 5.74) is 2.66. The molecule has 0 aliphatic heterocycles. The zero-order valence-electron chi connectivity index (χ0n) is 14.9. The molecule has 136 valence electrons. The molecule has 3 rings (SSSR count). The van der Waals surface area contributed by atoms with Gasteiger partial charge < -0.3 is 15.6 Å². The van der Waals surface area contributed by atoms with Crippen molar-refractivity contribution >= 4 is 23.2 Å². The second-order valence-corrected chi connectivity index (χ2v) is 6.60. The fraction of sp³-hybridized carbons (Fsp3) is 0.368. The molecule has 2 aromatic rings. The van der Waals surface area contributed by atoms with Gasteiger partial charge in [-0.1, -0.05) is 6.07 Å². The number of nitrogens with one attached hydrogen (secondary N) is 3. The third kappa shape index (κ3) is 4.17. The first-order valence-electron chi connectivity index (χ1n) is 8.69. The molecular weight excluding hydrogens is 332 g/mol. The number of fused-ring (bicyclic) bond motifs is 1. The molecular formula is C19H22N4O3. The number of carbonyl (C=O) groups excluding carboxylic acids is 2. The van der Waals surface area contributed by atoms with Crippen molar-refractivity contribution in [1.29, 1.82) is 0 Å². The quantitative estimate of drug-likeness (QED) is 0.735. The van der Waals surface area contributed by atoms with Crippen LogP contribution in [-0.4, -0.2) is 21.8 Å². The molecule has 1 aliphatic rings. The largest absolute Gasteiger partial charge is 0.326 e. The monoisotopic (exact) mass is 354 g/mol. The highest BCUT2D eigenvalue weighted by Gasteiger charge is 2.24. The number of carbonyl (C=O) groups is 2. The van der Waals surface area contributed by atoms with Crippen LogP contribution in [0.15, 0.2) is 29.1 Å². The number of benzene rings is 1. The third-order valence-corrected chi connectivity index (χ3v) is 4.51. The Morgan fingerprint density at radius 2 is 1.85 bits per heavy atom. The maximum absolute atomic E-state index is 12.7. The van der Waals surface area contributed by atoms with E-state index < -0.39 is 0 Å². The van der Waals surface area contributed by atoms with E-state index >= 15 is 0 Å². The smallest absolute Gasteiger partial charge is 0.254 e. The number of aromatic amines is 1. The van der Waals surface area contributed by atoms with Crippen LogP contribution in [-0.2, 0) is 22.4 Å². The van der Waals surface area contributed by atoms with Crippen molar-refractivity contribution < 1.29 is 9.59 Å². The van der Waals surface area contributed by atoms with E-state index in [1.807, 2.05) is 0 Å². The molecule has 0 bridgehead atoms. The minimum absolute atomic E-state index is 0.0778. The first-order valence-corrected chi connectivity index (χ1v) is 8.69. The number of aromatic nitrogens is 2. The van der Waals surface area contributed by atoms with E-state index in [2.05, 4.69) is 20.6 Å². The number of hydrogen-bond donors (Lipinski definition) is 3. The second kappa shape index (κ2) is 7.51. The van der Waals surface area contributed by atoms with Crippen molar-refractivity contribution in [3.05, 3.63) is 51.7 Å². The van der Waals surface area contributed by atoms with Gasteiger partial charge in [0.15, 0.2) is 0 Å². The molecule has 1 aromatic heterocycles. The van der Waals surface area contributed by atoms with Crippen LogP contribution in [0.4, 0.5) is 11.4 Å². The zero-order valence-corrected chi connectivity index (χ0v) is 14.9. The van der Waals surface area contributed by atoms with Crippen molar-refractivity contribution in [2.75, 3.05) is 10.6 Å². The molecule has 3 N–H and O–H groups in total. The average molecular weight is 354 g/mol. The standard InChI is InChI=1S/C19H22N4O3/c1-11-20-17-9-7-13(6-8-16(17)19(26)21-11)18(25)23-15-5-3-4-14(10-15)22-12(2)24/h3-5,10,13H,6-9H2,1-2H3,(H,22,24)(H,23,25)(H,20,21,26). The van der Waals surface area contributed by atoms with Gasteiger partial charge in [-0.05, 0) is 50.8 Å². The highest BCUT2D eigenvalue weighted by molar-refractivity contribution is 5.94. The fourth-order valence-corrected chi connectivity index (χ4v) is 3.29. The van der Waals surface area contributed by atoms with Gasteiger partial charge in [-0.3, -0.25) is 14.4 Å². The van der Waals surface area contributed by atoms with Crippen LogP contribution in [0.5, 0.6) is 0 Å². The van der Waals surface area contributed by atoms with E-state index in [-0.39, 0.29) is 23.3 Å². The van der Waals surface area contributed by atoms with Gasteiger partial charge in [-0.15, -0.1) is 0 Å². The molecule has 1 aliphatic carbocycles. The van der Waals surface area contributed by atoms with Crippen molar-refractivity contribution in [3.63, 3.8) is 0 Å². The fourth-order valence-electron chi connectivity index (χ4n) is 3.29. The van der Waals surface area contributed by atoms with Gasteiger partial charge in [0.05, 0.1) is 5.69 Å². The van der Waals surface area contributed by atoms with Crippen molar-refractivity contribution in [1.82, 2.24) is 9.97 Å². The Hall–Kier alpha value is -2.96. The number of hydrogen-bond acceptors (Lipinski definition) is 4. The van der Waals surface area contributed by atoms with Crippen LogP contribution in [0.25, 0.3) is 0 Å². The minimum atomic E-state index is -0.187. The molecule has 0 radical (unpaired) electrons. The van der Waals surface area contributed by atoms with E-state index in [1.165, 1.54) is 6.92 Å². The van der Waals surface area contributed by atoms with Crippen LogP contribution in [0, 0.1) is 12.8 Å². The Balaban J connectivity index is 1.69. The molecule has 0 saturated carbocycles. The molecule has 1 unspecified atom stereocenters. The normalized spacial score (nSPS) is 16.3. The third-order valence-electron chi connectivity index (χ3n) is 4.51. The highest BCUT2D eigenvalue weighted by atomic mass is 16.2. The molecule has 7 nitrogen and oxygen atoms in total. The summed E-state index contributed by atoms with van der Waals surface area (Å²) in [4.78, 5) is 43.1. The number of amides is 2. The predicted molar refractivity (Wildman–Crippen MR) is 99.1 cm³/mol. The number of rotatable bonds is 3. The van der Waals surface area contributed by atoms with Crippen LogP contribution in [0.1, 0.15) is 36.8 Å². The van der Waals surface area contributed by atoms with Crippen LogP contribution in [0.3, 0.4) is 0 Å². The Labute approximate surface area is 151 Å². The van der Waals surface area contributed by atoms with Crippen LogP contribution in [0.2, 0.25) is 0 Å². The summed E-state index contributed by atoms with van der Waals surface area (Å²) in [7, 11) is 0. The Morgan fingerprint density at radius 3 is 2.58 bits per heavy atom. The summed E-state index contributed by atoms with van der Waals surface area (Å²) in [5.74, 6) is 0.175. The Kier molecular flexibility index (Phi) is 5.16. The maximum atomic E-state index is 12.7. The first-order chi connectivity index (χ1) is 12.4. The van der Waals surface area contributed by atoms with E-state index in [0.717, 1.165) is 5.69 Å². The number of H-pyrrole nitrogens is 1. The SMILES string of the molecule is CC(=O)Nc1cccc(NC(=O)C2CCc3nc(C)[nH]c(=O)c3CC2)c1. The van der Waals surface area contributed by atoms with Gasteiger partial charge in [0.25, 0.3) is 5.56 Å². The van der Waals surface area contributed by atoms with Crippen LogP contribution < -0.4 is 16.2 Å².